The lowest BCUT2D eigenvalue weighted by Gasteiger charge is -2.09. The van der Waals surface area contributed by atoms with E-state index < -0.39 is 0 Å². The zero-order valence-corrected chi connectivity index (χ0v) is 15.5. The van der Waals surface area contributed by atoms with Gasteiger partial charge in [0.2, 0.25) is 0 Å². The van der Waals surface area contributed by atoms with E-state index in [2.05, 4.69) is 15.3 Å². The number of aromatic nitrogens is 2. The third-order valence-corrected chi connectivity index (χ3v) is 3.67. The first kappa shape index (κ1) is 18.4. The van der Waals surface area contributed by atoms with Gasteiger partial charge in [-0.2, -0.15) is 0 Å². The molecular formula is C21H21N3O3. The number of aryl methyl sites for hydroxylation is 3. The van der Waals surface area contributed by atoms with Crippen LogP contribution in [0.1, 0.15) is 17.0 Å². The molecule has 0 saturated carbocycles. The summed E-state index contributed by atoms with van der Waals surface area (Å²) >= 11 is 0. The Labute approximate surface area is 158 Å². The first-order valence-corrected chi connectivity index (χ1v) is 8.57. The molecule has 0 radical (unpaired) electrons. The highest BCUT2D eigenvalue weighted by molar-refractivity contribution is 5.91. The van der Waals surface area contributed by atoms with E-state index in [1.807, 2.05) is 51.1 Å². The normalized spacial score (nSPS) is 10.3. The second kappa shape index (κ2) is 8.31. The fraction of sp³-hybridized carbons (Fsp3) is 0.190. The van der Waals surface area contributed by atoms with Crippen molar-refractivity contribution in [2.75, 3.05) is 11.9 Å². The molecule has 1 N–H and O–H groups in total. The molecule has 1 amide bonds. The molecule has 0 bridgehead atoms. The molecule has 3 rings (SSSR count). The molecule has 2 aromatic carbocycles. The number of ether oxygens (including phenoxy) is 2. The molecular weight excluding hydrogens is 342 g/mol. The van der Waals surface area contributed by atoms with Gasteiger partial charge in [-0.15, -0.1) is 0 Å². The van der Waals surface area contributed by atoms with Crippen molar-refractivity contribution >= 4 is 11.6 Å². The van der Waals surface area contributed by atoms with Crippen molar-refractivity contribution in [3.05, 3.63) is 71.5 Å². The third kappa shape index (κ3) is 5.54. The van der Waals surface area contributed by atoms with Gasteiger partial charge in [0.25, 0.3) is 5.91 Å². The van der Waals surface area contributed by atoms with Crippen LogP contribution in [0.3, 0.4) is 0 Å². The van der Waals surface area contributed by atoms with Crippen LogP contribution in [-0.4, -0.2) is 22.5 Å². The van der Waals surface area contributed by atoms with E-state index >= 15 is 0 Å². The summed E-state index contributed by atoms with van der Waals surface area (Å²) in [5.41, 5.74) is 3.42. The largest absolute Gasteiger partial charge is 0.484 e. The average molecular weight is 363 g/mol. The van der Waals surface area contributed by atoms with Gasteiger partial charge in [-0.3, -0.25) is 4.79 Å². The quantitative estimate of drug-likeness (QED) is 0.710. The van der Waals surface area contributed by atoms with Gasteiger partial charge in [0.05, 0.1) is 0 Å². The van der Waals surface area contributed by atoms with Crippen molar-refractivity contribution in [1.82, 2.24) is 9.97 Å². The van der Waals surface area contributed by atoms with Gasteiger partial charge in [-0.1, -0.05) is 12.1 Å². The molecule has 6 heteroatoms. The van der Waals surface area contributed by atoms with Crippen molar-refractivity contribution < 1.29 is 14.3 Å². The van der Waals surface area contributed by atoms with E-state index in [-0.39, 0.29) is 12.5 Å². The third-order valence-electron chi connectivity index (χ3n) is 3.67. The molecule has 0 saturated heterocycles. The monoisotopic (exact) mass is 363 g/mol. The van der Waals surface area contributed by atoms with E-state index in [1.165, 1.54) is 0 Å². The maximum Gasteiger partial charge on any atom is 0.322 e. The molecule has 0 atom stereocenters. The van der Waals surface area contributed by atoms with E-state index in [0.717, 1.165) is 17.0 Å². The molecule has 0 spiro atoms. The van der Waals surface area contributed by atoms with Crippen molar-refractivity contribution in [3.63, 3.8) is 0 Å². The summed E-state index contributed by atoms with van der Waals surface area (Å²) in [5.74, 6) is 1.03. The highest BCUT2D eigenvalue weighted by Gasteiger charge is 2.06. The maximum absolute atomic E-state index is 12.0. The standard InChI is InChI=1S/C21H21N3O3/c1-14-5-4-6-19(11-14)26-13-20(25)24-17-7-9-18(10-8-17)27-21-22-15(2)12-16(3)23-21/h4-12H,13H2,1-3H3,(H,24,25). The van der Waals surface area contributed by atoms with Crippen LogP contribution >= 0.6 is 0 Å². The van der Waals surface area contributed by atoms with Gasteiger partial charge >= 0.3 is 6.01 Å². The SMILES string of the molecule is Cc1cccc(OCC(=O)Nc2ccc(Oc3nc(C)cc(C)n3)cc2)c1. The summed E-state index contributed by atoms with van der Waals surface area (Å²) in [6.07, 6.45) is 0. The molecule has 0 aliphatic heterocycles. The van der Waals surface area contributed by atoms with E-state index in [9.17, 15) is 4.79 Å². The number of benzene rings is 2. The van der Waals surface area contributed by atoms with Crippen molar-refractivity contribution in [2.45, 2.75) is 20.8 Å². The van der Waals surface area contributed by atoms with Gasteiger partial charge in [0.1, 0.15) is 11.5 Å². The highest BCUT2D eigenvalue weighted by atomic mass is 16.5. The number of rotatable bonds is 6. The Kier molecular flexibility index (Phi) is 5.66. The summed E-state index contributed by atoms with van der Waals surface area (Å²) in [6.45, 7) is 5.69. The lowest BCUT2D eigenvalue weighted by molar-refractivity contribution is -0.118. The number of nitrogens with one attached hydrogen (secondary N) is 1. The maximum atomic E-state index is 12.0. The van der Waals surface area contributed by atoms with Crippen molar-refractivity contribution in [2.24, 2.45) is 0 Å². The van der Waals surface area contributed by atoms with Crippen LogP contribution in [0.5, 0.6) is 17.5 Å². The Balaban J connectivity index is 1.54. The second-order valence-corrected chi connectivity index (χ2v) is 6.21. The predicted molar refractivity (Wildman–Crippen MR) is 103 cm³/mol. The molecule has 1 aromatic heterocycles. The van der Waals surface area contributed by atoms with Gasteiger partial charge in [-0.05, 0) is 68.8 Å². The molecule has 27 heavy (non-hydrogen) atoms. The molecule has 6 nitrogen and oxygen atoms in total. The lowest BCUT2D eigenvalue weighted by atomic mass is 10.2. The number of nitrogens with zero attached hydrogens (tertiary/aromatic N) is 2. The number of amides is 1. The predicted octanol–water partition coefficient (Wildman–Crippen LogP) is 4.21. The van der Waals surface area contributed by atoms with Gasteiger partial charge < -0.3 is 14.8 Å². The number of hydrogen-bond acceptors (Lipinski definition) is 5. The Morgan fingerprint density at radius 2 is 1.63 bits per heavy atom. The molecule has 0 fully saturated rings. The molecule has 0 aliphatic rings. The number of carbonyl (C=O) groups excluding carboxylic acids is 1. The minimum absolute atomic E-state index is 0.0574. The summed E-state index contributed by atoms with van der Waals surface area (Å²) in [6, 6.07) is 16.7. The smallest absolute Gasteiger partial charge is 0.322 e. The number of hydrogen-bond donors (Lipinski definition) is 1. The van der Waals surface area contributed by atoms with Gasteiger partial charge in [0, 0.05) is 17.1 Å². The first-order valence-electron chi connectivity index (χ1n) is 8.57. The zero-order valence-electron chi connectivity index (χ0n) is 15.5. The van der Waals surface area contributed by atoms with Crippen LogP contribution in [0.4, 0.5) is 5.69 Å². The fourth-order valence-electron chi connectivity index (χ4n) is 2.50. The molecule has 138 valence electrons. The second-order valence-electron chi connectivity index (χ2n) is 6.21. The summed E-state index contributed by atoms with van der Waals surface area (Å²) < 4.78 is 11.1. The van der Waals surface area contributed by atoms with E-state index in [4.69, 9.17) is 9.47 Å². The summed E-state index contributed by atoms with van der Waals surface area (Å²) in [4.78, 5) is 20.5. The number of carbonyl (C=O) groups is 1. The average Bonchev–Trinajstić information content (AvgIpc) is 2.61. The molecule has 0 unspecified atom stereocenters. The number of anilines is 1. The lowest BCUT2D eigenvalue weighted by Crippen LogP contribution is -2.20. The van der Waals surface area contributed by atoms with Gasteiger partial charge in [0.15, 0.2) is 6.61 Å². The van der Waals surface area contributed by atoms with Crippen molar-refractivity contribution in [1.29, 1.82) is 0 Å². The first-order chi connectivity index (χ1) is 13.0. The van der Waals surface area contributed by atoms with E-state index in [1.54, 1.807) is 24.3 Å². The van der Waals surface area contributed by atoms with Crippen LogP contribution in [-0.2, 0) is 4.79 Å². The van der Waals surface area contributed by atoms with Crippen LogP contribution in [0.25, 0.3) is 0 Å². The Morgan fingerprint density at radius 3 is 2.30 bits per heavy atom. The fourth-order valence-corrected chi connectivity index (χ4v) is 2.50. The van der Waals surface area contributed by atoms with Gasteiger partial charge in [-0.25, -0.2) is 9.97 Å². The van der Waals surface area contributed by atoms with Crippen LogP contribution in [0.2, 0.25) is 0 Å². The molecule has 1 heterocycles. The van der Waals surface area contributed by atoms with Crippen LogP contribution in [0, 0.1) is 20.8 Å². The highest BCUT2D eigenvalue weighted by Crippen LogP contribution is 2.21. The topological polar surface area (TPSA) is 73.3 Å². The minimum Gasteiger partial charge on any atom is -0.484 e. The van der Waals surface area contributed by atoms with Crippen molar-refractivity contribution in [3.8, 4) is 17.5 Å². The summed E-state index contributed by atoms with van der Waals surface area (Å²) in [7, 11) is 0. The molecule has 3 aromatic rings. The minimum atomic E-state index is -0.234. The Hall–Kier alpha value is -3.41. The Bertz CT molecular complexity index is 919. The van der Waals surface area contributed by atoms with E-state index in [0.29, 0.717) is 23.2 Å². The summed E-state index contributed by atoms with van der Waals surface area (Å²) in [5, 5.41) is 2.79. The van der Waals surface area contributed by atoms with Crippen LogP contribution < -0.4 is 14.8 Å². The Morgan fingerprint density at radius 1 is 0.926 bits per heavy atom. The zero-order chi connectivity index (χ0) is 19.2. The van der Waals surface area contributed by atoms with Crippen LogP contribution in [0.15, 0.2) is 54.6 Å². The molecule has 0 aliphatic carbocycles.